The van der Waals surface area contributed by atoms with E-state index in [-0.39, 0.29) is 12.4 Å². The molecule has 0 saturated carbocycles. The molecule has 0 aliphatic carbocycles. The van der Waals surface area contributed by atoms with Crippen molar-refractivity contribution in [3.8, 4) is 22.3 Å². The highest BCUT2D eigenvalue weighted by Gasteiger charge is 2.06. The summed E-state index contributed by atoms with van der Waals surface area (Å²) in [5.74, 6) is 0. The first-order valence-electron chi connectivity index (χ1n) is 8.57. The van der Waals surface area contributed by atoms with Gasteiger partial charge in [0.15, 0.2) is 18.9 Å². The summed E-state index contributed by atoms with van der Waals surface area (Å²) in [4.78, 5) is 0. The predicted molar refractivity (Wildman–Crippen MR) is 103 cm³/mol. The molecule has 0 bridgehead atoms. The van der Waals surface area contributed by atoms with Crippen LogP contribution in [0.5, 0.6) is 0 Å². The first-order valence-corrected chi connectivity index (χ1v) is 8.57. The average molecular weight is 358 g/mol. The summed E-state index contributed by atoms with van der Waals surface area (Å²) in [5.41, 5.74) is 6.30. The van der Waals surface area contributed by atoms with Gasteiger partial charge in [-0.15, -0.1) is 0 Å². The van der Waals surface area contributed by atoms with Crippen molar-refractivity contribution in [1.29, 1.82) is 0 Å². The van der Waals surface area contributed by atoms with Crippen LogP contribution >= 0.6 is 0 Å². The normalized spacial score (nSPS) is 10.2. The largest absolute Gasteiger partial charge is 1.00 e. The lowest BCUT2D eigenvalue weighted by Crippen LogP contribution is -3.00. The highest BCUT2D eigenvalue weighted by atomic mass is 35.5. The average Bonchev–Trinajstić information content (AvgIpc) is 2.70. The zero-order valence-electron chi connectivity index (χ0n) is 14.4. The van der Waals surface area contributed by atoms with E-state index in [2.05, 4.69) is 108 Å². The number of rotatable bonds is 4. The van der Waals surface area contributed by atoms with Crippen molar-refractivity contribution in [1.82, 2.24) is 0 Å². The maximum absolute atomic E-state index is 2.24. The molecule has 0 N–H and O–H groups in total. The van der Waals surface area contributed by atoms with Gasteiger partial charge in [-0.05, 0) is 22.8 Å². The summed E-state index contributed by atoms with van der Waals surface area (Å²) in [6.07, 6.45) is 4.33. The Morgan fingerprint density at radius 2 is 1.00 bits per heavy atom. The molecule has 4 rings (SSSR count). The van der Waals surface area contributed by atoms with Gasteiger partial charge < -0.3 is 12.4 Å². The standard InChI is InChI=1S/C24H20N.ClH/c1-3-8-21(9-4-1)23-15-13-20(14-16-23)18-25-17-7-12-24(19-25)22-10-5-2-6-11-22;/h1-17,19H,18H2;1H/q+1;/p-1. The van der Waals surface area contributed by atoms with E-state index in [4.69, 9.17) is 0 Å². The molecule has 0 spiro atoms. The predicted octanol–water partition coefficient (Wildman–Crippen LogP) is 2.36. The van der Waals surface area contributed by atoms with Crippen LogP contribution in [0.2, 0.25) is 0 Å². The molecule has 4 aromatic rings. The van der Waals surface area contributed by atoms with Crippen LogP contribution in [-0.4, -0.2) is 0 Å². The molecule has 0 atom stereocenters. The summed E-state index contributed by atoms with van der Waals surface area (Å²) >= 11 is 0. The summed E-state index contributed by atoms with van der Waals surface area (Å²) in [6, 6.07) is 34.1. The molecule has 3 aromatic carbocycles. The molecule has 0 saturated heterocycles. The van der Waals surface area contributed by atoms with E-state index < -0.39 is 0 Å². The Hall–Kier alpha value is -2.90. The highest BCUT2D eigenvalue weighted by molar-refractivity contribution is 5.63. The first-order chi connectivity index (χ1) is 12.4. The van der Waals surface area contributed by atoms with Gasteiger partial charge in [-0.2, -0.15) is 0 Å². The van der Waals surface area contributed by atoms with Crippen molar-refractivity contribution in [2.75, 3.05) is 0 Å². The second kappa shape index (κ2) is 8.46. The minimum absolute atomic E-state index is 0. The maximum atomic E-state index is 2.24. The molecule has 0 aliphatic heterocycles. The Kier molecular flexibility index (Phi) is 5.83. The van der Waals surface area contributed by atoms with Crippen LogP contribution in [0.25, 0.3) is 22.3 Å². The third-order valence-corrected chi connectivity index (χ3v) is 4.39. The number of halogens is 1. The zero-order valence-corrected chi connectivity index (χ0v) is 15.2. The quantitative estimate of drug-likeness (QED) is 0.494. The molecule has 26 heavy (non-hydrogen) atoms. The maximum Gasteiger partial charge on any atom is 0.176 e. The first kappa shape index (κ1) is 17.9. The van der Waals surface area contributed by atoms with Crippen molar-refractivity contribution < 1.29 is 17.0 Å². The van der Waals surface area contributed by atoms with Crippen molar-refractivity contribution in [2.24, 2.45) is 0 Å². The van der Waals surface area contributed by atoms with Crippen molar-refractivity contribution in [3.05, 3.63) is 115 Å². The molecular weight excluding hydrogens is 338 g/mol. The van der Waals surface area contributed by atoms with Gasteiger partial charge in [-0.3, -0.25) is 0 Å². The van der Waals surface area contributed by atoms with Crippen LogP contribution in [0.4, 0.5) is 0 Å². The van der Waals surface area contributed by atoms with Gasteiger partial charge >= 0.3 is 0 Å². The van der Waals surface area contributed by atoms with E-state index in [1.54, 1.807) is 0 Å². The van der Waals surface area contributed by atoms with E-state index in [1.165, 1.54) is 27.8 Å². The minimum Gasteiger partial charge on any atom is -1.00 e. The summed E-state index contributed by atoms with van der Waals surface area (Å²) in [7, 11) is 0. The van der Waals surface area contributed by atoms with Crippen LogP contribution in [0.3, 0.4) is 0 Å². The molecule has 0 unspecified atom stereocenters. The van der Waals surface area contributed by atoms with Crippen molar-refractivity contribution in [3.63, 3.8) is 0 Å². The molecule has 1 heterocycles. The van der Waals surface area contributed by atoms with Crippen LogP contribution in [0, 0.1) is 0 Å². The van der Waals surface area contributed by atoms with Gasteiger partial charge in [0, 0.05) is 17.2 Å². The third kappa shape index (κ3) is 4.19. The number of hydrogen-bond donors (Lipinski definition) is 0. The van der Waals surface area contributed by atoms with E-state index in [9.17, 15) is 0 Å². The van der Waals surface area contributed by atoms with Crippen LogP contribution in [0.15, 0.2) is 109 Å². The van der Waals surface area contributed by atoms with Gasteiger partial charge in [0.1, 0.15) is 0 Å². The zero-order chi connectivity index (χ0) is 16.9. The van der Waals surface area contributed by atoms with E-state index in [0.717, 1.165) is 6.54 Å². The third-order valence-electron chi connectivity index (χ3n) is 4.39. The van der Waals surface area contributed by atoms with E-state index in [1.807, 2.05) is 6.07 Å². The molecule has 0 amide bonds. The highest BCUT2D eigenvalue weighted by Crippen LogP contribution is 2.19. The number of hydrogen-bond acceptors (Lipinski definition) is 0. The molecule has 0 fully saturated rings. The van der Waals surface area contributed by atoms with Gasteiger partial charge in [0.05, 0.1) is 0 Å². The molecule has 1 aromatic heterocycles. The summed E-state index contributed by atoms with van der Waals surface area (Å²) in [6.45, 7) is 0.871. The van der Waals surface area contributed by atoms with E-state index >= 15 is 0 Å². The van der Waals surface area contributed by atoms with Crippen LogP contribution < -0.4 is 17.0 Å². The lowest BCUT2D eigenvalue weighted by atomic mass is 10.0. The number of pyridine rings is 1. The SMILES string of the molecule is [Cl-].c1ccc(-c2ccc(C[n+]3cccc(-c4ccccc4)c3)cc2)cc1. The molecule has 0 radical (unpaired) electrons. The minimum atomic E-state index is 0. The number of nitrogens with zero attached hydrogens (tertiary/aromatic N) is 1. The Morgan fingerprint density at radius 3 is 1.62 bits per heavy atom. The second-order valence-electron chi connectivity index (χ2n) is 6.19. The van der Waals surface area contributed by atoms with Crippen molar-refractivity contribution in [2.45, 2.75) is 6.54 Å². The smallest absolute Gasteiger partial charge is 0.176 e. The Morgan fingerprint density at radius 1 is 0.500 bits per heavy atom. The Labute approximate surface area is 161 Å². The monoisotopic (exact) mass is 357 g/mol. The Bertz CT molecular complexity index is 948. The Balaban J connectivity index is 0.00000196. The van der Waals surface area contributed by atoms with Gasteiger partial charge in [0.2, 0.25) is 0 Å². The molecule has 2 heteroatoms. The fourth-order valence-corrected chi connectivity index (χ4v) is 3.07. The lowest BCUT2D eigenvalue weighted by molar-refractivity contribution is -0.687. The second-order valence-corrected chi connectivity index (χ2v) is 6.19. The molecule has 128 valence electrons. The van der Waals surface area contributed by atoms with Gasteiger partial charge in [-0.1, -0.05) is 84.9 Å². The van der Waals surface area contributed by atoms with Crippen LogP contribution in [-0.2, 0) is 6.54 Å². The van der Waals surface area contributed by atoms with Crippen molar-refractivity contribution >= 4 is 0 Å². The lowest BCUT2D eigenvalue weighted by Gasteiger charge is -2.04. The topological polar surface area (TPSA) is 3.88 Å². The van der Waals surface area contributed by atoms with E-state index in [0.29, 0.717) is 0 Å². The molecule has 1 nitrogen and oxygen atoms in total. The molecule has 0 aliphatic rings. The molecular formula is C24H20ClN. The summed E-state index contributed by atoms with van der Waals surface area (Å²) < 4.78 is 2.24. The summed E-state index contributed by atoms with van der Waals surface area (Å²) in [5, 5.41) is 0. The number of aromatic nitrogens is 1. The fourth-order valence-electron chi connectivity index (χ4n) is 3.07. The van der Waals surface area contributed by atoms with Gasteiger partial charge in [-0.25, -0.2) is 4.57 Å². The number of benzene rings is 3. The fraction of sp³-hybridized carbons (Fsp3) is 0.0417. The van der Waals surface area contributed by atoms with Gasteiger partial charge in [0.25, 0.3) is 0 Å². The van der Waals surface area contributed by atoms with Crippen LogP contribution in [0.1, 0.15) is 5.56 Å².